The zero-order valence-corrected chi connectivity index (χ0v) is 30.5. The van der Waals surface area contributed by atoms with Gasteiger partial charge in [0.2, 0.25) is 0 Å². The molecule has 0 spiro atoms. The van der Waals surface area contributed by atoms with Crippen LogP contribution in [0, 0.1) is 5.92 Å². The van der Waals surface area contributed by atoms with E-state index in [2.05, 4.69) is 45.3 Å². The molecule has 2 aliphatic rings. The molecule has 0 saturated carbocycles. The van der Waals surface area contributed by atoms with Gasteiger partial charge in [-0.2, -0.15) is 13.1 Å². The van der Waals surface area contributed by atoms with Crippen molar-refractivity contribution in [2.75, 3.05) is 23.8 Å². The average molecular weight is 804 g/mol. The number of hydrogen-bond acceptors (Lipinski definition) is 15. The van der Waals surface area contributed by atoms with Crippen molar-refractivity contribution in [1.82, 2.24) is 43.8 Å². The average Bonchev–Trinajstić information content (AvgIpc) is 3.99. The van der Waals surface area contributed by atoms with Crippen molar-refractivity contribution in [2.45, 2.75) is 50.0 Å². The minimum atomic E-state index is -4.66. The maximum absolute atomic E-state index is 15.6. The van der Waals surface area contributed by atoms with Crippen molar-refractivity contribution in [3.63, 3.8) is 0 Å². The molecule has 2 fully saturated rings. The number of aromatic nitrogens is 8. The molecule has 0 radical (unpaired) electrons. The van der Waals surface area contributed by atoms with E-state index in [1.165, 1.54) is 28.1 Å². The number of hydrogen-bond donors (Lipinski definition) is 5. The van der Waals surface area contributed by atoms with E-state index in [-0.39, 0.29) is 34.0 Å². The zero-order valence-electron chi connectivity index (χ0n) is 29.7. The number of anilines is 2. The van der Waals surface area contributed by atoms with Gasteiger partial charge in [-0.1, -0.05) is 43.3 Å². The molecule has 8 rings (SSSR count). The Kier molecular flexibility index (Phi) is 10.4. The number of nitrogens with zero attached hydrogens (tertiary/aromatic N) is 8. The predicted octanol–water partition coefficient (Wildman–Crippen LogP) is 1.51. The third-order valence-electron chi connectivity index (χ3n) is 9.67. The van der Waals surface area contributed by atoms with E-state index < -0.39 is 84.2 Å². The Labute approximate surface area is 322 Å². The van der Waals surface area contributed by atoms with E-state index in [0.717, 1.165) is 6.33 Å². The van der Waals surface area contributed by atoms with Crippen LogP contribution in [0.25, 0.3) is 22.3 Å². The monoisotopic (exact) mass is 803 g/mol. The molecule has 0 aliphatic carbocycles. The molecule has 8 atom stereocenters. The standard InChI is InChI=1S/C35H34FN11O9S/c1-18-22(13-48)55-35(47-17-42-25-29(38-15-40-31(25)47)45-33(51)20-10-6-3-7-11-20)27(18)56-57(52,53)43-12-21-26(49)23(36)34(54-21)46-16-41-24-28(37-14-39-30(24)46)44-32(50)19-8-4-2-5-9-19/h2-11,14-18,21-23,26-27,34-35,43,48-49H,12-13H2,1H3,(H,37,39,44,50)(H,38,40,45,51)/t18-,21-,22-,23-,26-,27-,34?,35?/m1/s1. The Bertz CT molecular complexity index is 2530. The normalized spacial score (nSPS) is 24.9. The first-order valence-corrected chi connectivity index (χ1v) is 18.9. The van der Waals surface area contributed by atoms with Gasteiger partial charge in [0.1, 0.15) is 31.0 Å². The lowest BCUT2D eigenvalue weighted by Gasteiger charge is -2.23. The quantitative estimate of drug-likeness (QED) is 0.118. The second kappa shape index (κ2) is 15.6. The molecule has 2 aliphatic heterocycles. The van der Waals surface area contributed by atoms with Gasteiger partial charge in [0, 0.05) is 23.6 Å². The second-order valence-electron chi connectivity index (χ2n) is 13.2. The number of fused-ring (bicyclic) bond motifs is 2. The number of nitrogens with one attached hydrogen (secondary N) is 3. The van der Waals surface area contributed by atoms with Crippen LogP contribution in [0.3, 0.4) is 0 Å². The maximum Gasteiger partial charge on any atom is 0.336 e. The van der Waals surface area contributed by atoms with Crippen molar-refractivity contribution in [3.05, 3.63) is 97.1 Å². The smallest absolute Gasteiger partial charge is 0.336 e. The maximum atomic E-state index is 15.6. The molecular formula is C35H34FN11O9S. The van der Waals surface area contributed by atoms with E-state index in [4.69, 9.17) is 13.7 Å². The summed E-state index contributed by atoms with van der Waals surface area (Å²) in [6.07, 6.45) is -5.14. The summed E-state index contributed by atoms with van der Waals surface area (Å²) in [4.78, 5) is 50.9. The topological polar surface area (TPSA) is 260 Å². The summed E-state index contributed by atoms with van der Waals surface area (Å²) in [5.74, 6) is -1.45. The summed E-state index contributed by atoms with van der Waals surface area (Å²) in [6.45, 7) is 0.545. The van der Waals surface area contributed by atoms with E-state index in [0.29, 0.717) is 11.1 Å². The first kappa shape index (κ1) is 38.0. The van der Waals surface area contributed by atoms with Crippen LogP contribution < -0.4 is 15.4 Å². The highest BCUT2D eigenvalue weighted by molar-refractivity contribution is 7.84. The number of carbonyl (C=O) groups is 2. The van der Waals surface area contributed by atoms with Gasteiger partial charge in [0.05, 0.1) is 25.4 Å². The lowest BCUT2D eigenvalue weighted by Crippen LogP contribution is -2.42. The van der Waals surface area contributed by atoms with Crippen LogP contribution in [0.2, 0.25) is 0 Å². The van der Waals surface area contributed by atoms with Crippen LogP contribution in [-0.2, 0) is 24.0 Å². The van der Waals surface area contributed by atoms with Crippen LogP contribution in [0.5, 0.6) is 0 Å². The van der Waals surface area contributed by atoms with Crippen molar-refractivity contribution in [3.8, 4) is 0 Å². The second-order valence-corrected chi connectivity index (χ2v) is 14.6. The summed E-state index contributed by atoms with van der Waals surface area (Å²) in [5, 5.41) is 26.2. The van der Waals surface area contributed by atoms with Crippen LogP contribution >= 0.6 is 0 Å². The number of benzene rings is 2. The third kappa shape index (κ3) is 7.41. The van der Waals surface area contributed by atoms with E-state index >= 15 is 4.39 Å². The molecule has 5 N–H and O–H groups in total. The molecule has 4 aromatic heterocycles. The Morgan fingerprint density at radius 2 is 1.30 bits per heavy atom. The first-order chi connectivity index (χ1) is 27.5. The van der Waals surface area contributed by atoms with E-state index in [9.17, 15) is 28.2 Å². The third-order valence-corrected chi connectivity index (χ3v) is 10.7. The molecule has 6 heterocycles. The molecule has 6 aromatic rings. The molecule has 57 heavy (non-hydrogen) atoms. The number of carbonyl (C=O) groups excluding carboxylic acids is 2. The highest BCUT2D eigenvalue weighted by Crippen LogP contribution is 2.39. The van der Waals surface area contributed by atoms with Crippen LogP contribution in [-0.4, -0.2) is 113 Å². The molecular weight excluding hydrogens is 770 g/mol. The molecule has 2 unspecified atom stereocenters. The van der Waals surface area contributed by atoms with Gasteiger partial charge in [-0.3, -0.25) is 18.7 Å². The molecule has 22 heteroatoms. The minimum Gasteiger partial charge on any atom is -0.394 e. The van der Waals surface area contributed by atoms with Crippen molar-refractivity contribution in [2.24, 2.45) is 5.92 Å². The molecule has 2 amide bonds. The fourth-order valence-corrected chi connectivity index (χ4v) is 7.68. The van der Waals surface area contributed by atoms with Gasteiger partial charge >= 0.3 is 10.3 Å². The number of aliphatic hydroxyl groups is 2. The number of alkyl halides is 1. The highest BCUT2D eigenvalue weighted by atomic mass is 32.2. The van der Waals surface area contributed by atoms with Crippen molar-refractivity contribution < 1.29 is 46.3 Å². The number of halogens is 1. The number of imidazole rings is 2. The van der Waals surface area contributed by atoms with Gasteiger partial charge < -0.3 is 30.3 Å². The number of aliphatic hydroxyl groups excluding tert-OH is 2. The number of amides is 2. The molecule has 296 valence electrons. The summed E-state index contributed by atoms with van der Waals surface area (Å²) in [5.41, 5.74) is 1.31. The number of rotatable bonds is 12. The Morgan fingerprint density at radius 1 is 0.789 bits per heavy atom. The minimum absolute atomic E-state index is 0.0567. The lowest BCUT2D eigenvalue weighted by atomic mass is 10.0. The molecule has 0 bridgehead atoms. The summed E-state index contributed by atoms with van der Waals surface area (Å²) in [7, 11) is -4.66. The van der Waals surface area contributed by atoms with Gasteiger partial charge in [-0.05, 0) is 24.3 Å². The first-order valence-electron chi connectivity index (χ1n) is 17.5. The van der Waals surface area contributed by atoms with Crippen molar-refractivity contribution >= 4 is 56.1 Å². The molecule has 2 saturated heterocycles. The summed E-state index contributed by atoms with van der Waals surface area (Å²) < 4.78 is 64.7. The van der Waals surface area contributed by atoms with Gasteiger partial charge in [0.25, 0.3) is 11.8 Å². The molecule has 2 aromatic carbocycles. The van der Waals surface area contributed by atoms with Gasteiger partial charge in [-0.15, -0.1) is 0 Å². The molecule has 20 nitrogen and oxygen atoms in total. The van der Waals surface area contributed by atoms with Crippen molar-refractivity contribution in [1.29, 1.82) is 0 Å². The van der Waals surface area contributed by atoms with Crippen LogP contribution in [0.1, 0.15) is 40.1 Å². The summed E-state index contributed by atoms with van der Waals surface area (Å²) >= 11 is 0. The van der Waals surface area contributed by atoms with Crippen LogP contribution in [0.4, 0.5) is 16.0 Å². The van der Waals surface area contributed by atoms with Gasteiger partial charge in [0.15, 0.2) is 52.6 Å². The Balaban J connectivity index is 0.960. The fourth-order valence-electron chi connectivity index (χ4n) is 6.68. The SMILES string of the molecule is C[C@@H]1[C@@H](CO)OC(n2cnc3c(NC(=O)c4ccccc4)ncnc32)[C@@H]1OS(=O)(=O)NC[C@H]1OC(n2cnc3c(NC(=O)c4ccccc4)ncnc32)[C@H](F)[C@@H]1O. The largest absolute Gasteiger partial charge is 0.394 e. The number of ether oxygens (including phenoxy) is 2. The zero-order chi connectivity index (χ0) is 39.8. The highest BCUT2D eigenvalue weighted by Gasteiger charge is 2.48. The van der Waals surface area contributed by atoms with E-state index in [1.54, 1.807) is 67.6 Å². The lowest BCUT2D eigenvalue weighted by molar-refractivity contribution is -0.0445. The summed E-state index contributed by atoms with van der Waals surface area (Å²) in [6, 6.07) is 16.8. The van der Waals surface area contributed by atoms with Crippen LogP contribution in [0.15, 0.2) is 86.0 Å². The predicted molar refractivity (Wildman–Crippen MR) is 196 cm³/mol. The Hall–Kier alpha value is -5.88. The van der Waals surface area contributed by atoms with E-state index in [1.807, 2.05) is 0 Å². The Morgan fingerprint density at radius 3 is 1.82 bits per heavy atom. The van der Waals surface area contributed by atoms with Gasteiger partial charge in [-0.25, -0.2) is 38.5 Å². The fraction of sp³-hybridized carbons (Fsp3) is 0.314.